The third kappa shape index (κ3) is 3.26. The molecule has 0 saturated heterocycles. The first-order valence-electron chi connectivity index (χ1n) is 8.08. The molecule has 0 saturated carbocycles. The Balaban J connectivity index is 2.07. The van der Waals surface area contributed by atoms with Crippen LogP contribution in [0.1, 0.15) is 18.3 Å². The molecule has 1 heterocycles. The normalized spacial score (nSPS) is 11.2. The predicted molar refractivity (Wildman–Crippen MR) is 100 cm³/mol. The maximum absolute atomic E-state index is 12.8. The standard InChI is InChI=1S/C20H20N2O3/c1-4-19-21-16-8-6-5-7-15(16)20(23)22(19)12-11-14-9-10-17(24-2)18(13-14)25-3/h5-13H,4H2,1-3H3/b12-11+. The molecule has 5 heteroatoms. The molecule has 0 fully saturated rings. The van der Waals surface area contributed by atoms with Gasteiger partial charge in [0, 0.05) is 12.6 Å². The molecule has 0 radical (unpaired) electrons. The quantitative estimate of drug-likeness (QED) is 0.714. The van der Waals surface area contributed by atoms with E-state index >= 15 is 0 Å². The van der Waals surface area contributed by atoms with Gasteiger partial charge in [-0.25, -0.2) is 4.98 Å². The van der Waals surface area contributed by atoms with Crippen molar-refractivity contribution in [1.82, 2.24) is 9.55 Å². The van der Waals surface area contributed by atoms with Crippen LogP contribution in [0.3, 0.4) is 0 Å². The molecule has 0 aliphatic rings. The van der Waals surface area contributed by atoms with Crippen LogP contribution < -0.4 is 15.0 Å². The van der Waals surface area contributed by atoms with Gasteiger partial charge in [-0.15, -0.1) is 0 Å². The Labute approximate surface area is 146 Å². The largest absolute Gasteiger partial charge is 0.493 e. The van der Waals surface area contributed by atoms with Crippen LogP contribution in [0.2, 0.25) is 0 Å². The van der Waals surface area contributed by atoms with Crippen molar-refractivity contribution in [2.24, 2.45) is 0 Å². The van der Waals surface area contributed by atoms with Gasteiger partial charge < -0.3 is 9.47 Å². The third-order valence-corrected chi connectivity index (χ3v) is 4.02. The van der Waals surface area contributed by atoms with Gasteiger partial charge in [0.05, 0.1) is 25.1 Å². The van der Waals surface area contributed by atoms with Crippen molar-refractivity contribution in [3.8, 4) is 11.5 Å². The number of aromatic nitrogens is 2. The summed E-state index contributed by atoms with van der Waals surface area (Å²) < 4.78 is 12.2. The first kappa shape index (κ1) is 16.8. The predicted octanol–water partition coefficient (Wildman–Crippen LogP) is 3.60. The number of aryl methyl sites for hydroxylation is 1. The van der Waals surface area contributed by atoms with Gasteiger partial charge in [0.25, 0.3) is 5.56 Å². The van der Waals surface area contributed by atoms with Crippen LogP contribution in [0.15, 0.2) is 47.3 Å². The molecule has 0 aliphatic heterocycles. The first-order chi connectivity index (χ1) is 12.2. The second-order valence-corrected chi connectivity index (χ2v) is 5.50. The lowest BCUT2D eigenvalue weighted by atomic mass is 10.2. The van der Waals surface area contributed by atoms with Gasteiger partial charge in [-0.2, -0.15) is 0 Å². The lowest BCUT2D eigenvalue weighted by molar-refractivity contribution is 0.355. The van der Waals surface area contributed by atoms with Crippen molar-refractivity contribution in [2.75, 3.05) is 14.2 Å². The second kappa shape index (κ2) is 7.21. The number of nitrogens with zero attached hydrogens (tertiary/aromatic N) is 2. The maximum Gasteiger partial charge on any atom is 0.265 e. The fraction of sp³-hybridized carbons (Fsp3) is 0.200. The summed E-state index contributed by atoms with van der Waals surface area (Å²) in [6, 6.07) is 13.0. The monoisotopic (exact) mass is 336 g/mol. The molecule has 0 unspecified atom stereocenters. The Kier molecular flexibility index (Phi) is 4.84. The summed E-state index contributed by atoms with van der Waals surface area (Å²) in [5.74, 6) is 2.03. The molecule has 3 aromatic rings. The minimum atomic E-state index is -0.0702. The molecule has 0 atom stereocenters. The number of rotatable bonds is 5. The Morgan fingerprint density at radius 2 is 1.84 bits per heavy atom. The van der Waals surface area contributed by atoms with Crippen molar-refractivity contribution >= 4 is 23.2 Å². The highest BCUT2D eigenvalue weighted by atomic mass is 16.5. The van der Waals surface area contributed by atoms with Crippen LogP contribution in [0.25, 0.3) is 23.2 Å². The Hall–Kier alpha value is -3.08. The van der Waals surface area contributed by atoms with Crippen LogP contribution in [0, 0.1) is 0 Å². The molecule has 5 nitrogen and oxygen atoms in total. The van der Waals surface area contributed by atoms with Gasteiger partial charge in [-0.1, -0.05) is 25.1 Å². The molecule has 0 spiro atoms. The molecule has 3 rings (SSSR count). The van der Waals surface area contributed by atoms with Gasteiger partial charge in [-0.3, -0.25) is 9.36 Å². The molecule has 2 aromatic carbocycles. The van der Waals surface area contributed by atoms with E-state index < -0.39 is 0 Å². The van der Waals surface area contributed by atoms with E-state index in [0.29, 0.717) is 23.3 Å². The third-order valence-electron chi connectivity index (χ3n) is 4.02. The van der Waals surface area contributed by atoms with Crippen molar-refractivity contribution < 1.29 is 9.47 Å². The van der Waals surface area contributed by atoms with E-state index in [9.17, 15) is 4.79 Å². The molecular weight excluding hydrogens is 316 g/mol. The van der Waals surface area contributed by atoms with Crippen LogP contribution in [-0.2, 0) is 6.42 Å². The summed E-state index contributed by atoms with van der Waals surface area (Å²) in [4.78, 5) is 17.4. The Morgan fingerprint density at radius 3 is 2.56 bits per heavy atom. The minimum Gasteiger partial charge on any atom is -0.493 e. The molecule has 0 N–H and O–H groups in total. The van der Waals surface area contributed by atoms with Crippen molar-refractivity contribution in [1.29, 1.82) is 0 Å². The molecule has 0 amide bonds. The maximum atomic E-state index is 12.8. The van der Waals surface area contributed by atoms with Gasteiger partial charge in [0.1, 0.15) is 5.82 Å². The molecular formula is C20H20N2O3. The van der Waals surface area contributed by atoms with Crippen LogP contribution >= 0.6 is 0 Å². The van der Waals surface area contributed by atoms with E-state index in [0.717, 1.165) is 16.9 Å². The number of benzene rings is 2. The summed E-state index contributed by atoms with van der Waals surface area (Å²) in [6.07, 6.45) is 4.27. The lowest BCUT2D eigenvalue weighted by Crippen LogP contribution is -2.21. The van der Waals surface area contributed by atoms with Crippen LogP contribution in [-0.4, -0.2) is 23.8 Å². The zero-order chi connectivity index (χ0) is 17.8. The number of para-hydroxylation sites is 1. The highest BCUT2D eigenvalue weighted by Crippen LogP contribution is 2.28. The van der Waals surface area contributed by atoms with E-state index in [1.807, 2.05) is 49.4 Å². The zero-order valence-corrected chi connectivity index (χ0v) is 14.5. The van der Waals surface area contributed by atoms with E-state index in [2.05, 4.69) is 4.98 Å². The second-order valence-electron chi connectivity index (χ2n) is 5.50. The molecule has 1 aromatic heterocycles. The molecule has 128 valence electrons. The lowest BCUT2D eigenvalue weighted by Gasteiger charge is -2.09. The smallest absolute Gasteiger partial charge is 0.265 e. The van der Waals surface area contributed by atoms with Gasteiger partial charge in [0.15, 0.2) is 11.5 Å². The van der Waals surface area contributed by atoms with Gasteiger partial charge in [-0.05, 0) is 35.9 Å². The van der Waals surface area contributed by atoms with Crippen molar-refractivity contribution in [3.05, 3.63) is 64.2 Å². The highest BCUT2D eigenvalue weighted by Gasteiger charge is 2.08. The SMILES string of the molecule is CCc1nc2ccccc2c(=O)n1/C=C/c1ccc(OC)c(OC)c1. The van der Waals surface area contributed by atoms with E-state index in [4.69, 9.17) is 9.47 Å². The van der Waals surface area contributed by atoms with Crippen LogP contribution in [0.4, 0.5) is 0 Å². The van der Waals surface area contributed by atoms with Crippen molar-refractivity contribution in [2.45, 2.75) is 13.3 Å². The average Bonchev–Trinajstić information content (AvgIpc) is 2.66. The summed E-state index contributed by atoms with van der Waals surface area (Å²) in [5.41, 5.74) is 1.55. The zero-order valence-electron chi connectivity index (χ0n) is 14.5. The van der Waals surface area contributed by atoms with Gasteiger partial charge in [0.2, 0.25) is 0 Å². The Bertz CT molecular complexity index is 990. The molecule has 0 aliphatic carbocycles. The van der Waals surface area contributed by atoms with E-state index in [1.165, 1.54) is 0 Å². The summed E-state index contributed by atoms with van der Waals surface area (Å²) in [7, 11) is 3.19. The Morgan fingerprint density at radius 1 is 1.08 bits per heavy atom. The summed E-state index contributed by atoms with van der Waals surface area (Å²) >= 11 is 0. The summed E-state index contributed by atoms with van der Waals surface area (Å²) in [6.45, 7) is 1.98. The number of hydrogen-bond acceptors (Lipinski definition) is 4. The molecule has 25 heavy (non-hydrogen) atoms. The number of fused-ring (bicyclic) bond motifs is 1. The molecule has 0 bridgehead atoms. The number of ether oxygens (including phenoxy) is 2. The summed E-state index contributed by atoms with van der Waals surface area (Å²) in [5, 5.41) is 0.608. The van der Waals surface area contributed by atoms with Gasteiger partial charge >= 0.3 is 0 Å². The number of hydrogen-bond donors (Lipinski definition) is 0. The average molecular weight is 336 g/mol. The van der Waals surface area contributed by atoms with E-state index in [1.54, 1.807) is 31.1 Å². The fourth-order valence-electron chi connectivity index (χ4n) is 2.71. The highest BCUT2D eigenvalue weighted by molar-refractivity contribution is 5.78. The minimum absolute atomic E-state index is 0.0702. The fourth-order valence-corrected chi connectivity index (χ4v) is 2.71. The van der Waals surface area contributed by atoms with E-state index in [-0.39, 0.29) is 5.56 Å². The van der Waals surface area contributed by atoms with Crippen molar-refractivity contribution in [3.63, 3.8) is 0 Å². The van der Waals surface area contributed by atoms with Crippen LogP contribution in [0.5, 0.6) is 11.5 Å². The topological polar surface area (TPSA) is 53.4 Å². The first-order valence-corrected chi connectivity index (χ1v) is 8.08. The number of methoxy groups -OCH3 is 2.